The summed E-state index contributed by atoms with van der Waals surface area (Å²) in [6, 6.07) is 3.43. The van der Waals surface area contributed by atoms with Crippen LogP contribution in [0.25, 0.3) is 10.2 Å². The number of pyridine rings is 1. The molecule has 0 aromatic carbocycles. The van der Waals surface area contributed by atoms with Gasteiger partial charge in [-0.15, -0.1) is 11.3 Å². The smallest absolute Gasteiger partial charge is 0.259 e. The van der Waals surface area contributed by atoms with E-state index in [1.807, 2.05) is 13.8 Å². The molecule has 0 fully saturated rings. The van der Waals surface area contributed by atoms with Crippen molar-refractivity contribution >= 4 is 33.1 Å². The summed E-state index contributed by atoms with van der Waals surface area (Å²) < 4.78 is 5.10. The van der Waals surface area contributed by atoms with Crippen LogP contribution in [0.5, 0.6) is 5.88 Å². The maximum Gasteiger partial charge on any atom is 0.259 e. The molecule has 3 aromatic rings. The zero-order chi connectivity index (χ0) is 18.0. The molecular weight excluding hydrogens is 340 g/mol. The van der Waals surface area contributed by atoms with Crippen LogP contribution in [-0.4, -0.2) is 28.0 Å². The van der Waals surface area contributed by atoms with E-state index in [1.54, 1.807) is 18.3 Å². The van der Waals surface area contributed by atoms with Crippen molar-refractivity contribution < 1.29 is 9.53 Å². The predicted octanol–water partition coefficient (Wildman–Crippen LogP) is 2.58. The maximum absolute atomic E-state index is 12.2. The molecule has 0 radical (unpaired) electrons. The van der Waals surface area contributed by atoms with E-state index in [0.717, 1.165) is 10.4 Å². The molecule has 0 aliphatic heterocycles. The van der Waals surface area contributed by atoms with Crippen molar-refractivity contribution in [3.63, 3.8) is 0 Å². The summed E-state index contributed by atoms with van der Waals surface area (Å²) in [4.78, 5) is 37.4. The third kappa shape index (κ3) is 3.53. The molecule has 0 unspecified atom stereocenters. The van der Waals surface area contributed by atoms with Gasteiger partial charge in [-0.1, -0.05) is 0 Å². The molecular formula is C17H18N4O3S. The van der Waals surface area contributed by atoms with E-state index >= 15 is 0 Å². The van der Waals surface area contributed by atoms with Gasteiger partial charge in [0.05, 0.1) is 12.5 Å². The number of methoxy groups -OCH3 is 1. The molecule has 0 saturated carbocycles. The summed E-state index contributed by atoms with van der Waals surface area (Å²) in [7, 11) is 1.49. The van der Waals surface area contributed by atoms with Crippen molar-refractivity contribution in [1.82, 2.24) is 15.0 Å². The van der Waals surface area contributed by atoms with Gasteiger partial charge in [-0.2, -0.15) is 0 Å². The first kappa shape index (κ1) is 17.1. The number of aryl methyl sites for hydroxylation is 3. The van der Waals surface area contributed by atoms with E-state index in [0.29, 0.717) is 34.0 Å². The number of hydrogen-bond acceptors (Lipinski definition) is 6. The number of carbonyl (C=O) groups excluding carboxylic acids is 1. The Labute approximate surface area is 148 Å². The number of aromatic nitrogens is 3. The molecule has 0 aliphatic carbocycles. The number of rotatable bonds is 5. The van der Waals surface area contributed by atoms with Gasteiger partial charge in [0.25, 0.3) is 5.56 Å². The number of aromatic amines is 1. The molecule has 0 bridgehead atoms. The lowest BCUT2D eigenvalue weighted by molar-refractivity contribution is -0.116. The standard InChI is InChI=1S/C17H18N4O3S/c1-9-10(2)25-17-14(9)15(23)20-12(21-17)6-7-13(22)19-11-5-4-8-18-16(11)24-3/h4-5,8H,6-7H2,1-3H3,(H,19,22)(H,20,21,23). The first-order chi connectivity index (χ1) is 12.0. The zero-order valence-corrected chi connectivity index (χ0v) is 15.0. The van der Waals surface area contributed by atoms with E-state index in [-0.39, 0.29) is 17.9 Å². The first-order valence-corrected chi connectivity index (χ1v) is 8.59. The van der Waals surface area contributed by atoms with Crippen LogP contribution < -0.4 is 15.6 Å². The molecule has 3 rings (SSSR count). The second-order valence-corrected chi connectivity index (χ2v) is 6.79. The SMILES string of the molecule is COc1ncccc1NC(=O)CCc1nc2sc(C)c(C)c2c(=O)[nH]1. The summed E-state index contributed by atoms with van der Waals surface area (Å²) in [5.74, 6) is 0.660. The number of nitrogens with zero attached hydrogens (tertiary/aromatic N) is 2. The fourth-order valence-corrected chi connectivity index (χ4v) is 3.56. The van der Waals surface area contributed by atoms with Gasteiger partial charge in [-0.25, -0.2) is 9.97 Å². The van der Waals surface area contributed by atoms with Crippen molar-refractivity contribution in [2.75, 3.05) is 12.4 Å². The number of amides is 1. The molecule has 1 amide bonds. The topological polar surface area (TPSA) is 97.0 Å². The Morgan fingerprint density at radius 3 is 2.96 bits per heavy atom. The highest BCUT2D eigenvalue weighted by molar-refractivity contribution is 7.18. The van der Waals surface area contributed by atoms with Crippen molar-refractivity contribution in [3.05, 3.63) is 44.9 Å². The second kappa shape index (κ2) is 7.02. The second-order valence-electron chi connectivity index (χ2n) is 5.58. The highest BCUT2D eigenvalue weighted by Gasteiger charge is 2.13. The van der Waals surface area contributed by atoms with E-state index < -0.39 is 0 Å². The number of carbonyl (C=O) groups is 1. The van der Waals surface area contributed by atoms with Crippen molar-refractivity contribution in [3.8, 4) is 5.88 Å². The molecule has 0 aliphatic rings. The number of thiophene rings is 1. The average Bonchev–Trinajstić information content (AvgIpc) is 2.88. The lowest BCUT2D eigenvalue weighted by atomic mass is 10.2. The number of anilines is 1. The highest BCUT2D eigenvalue weighted by Crippen LogP contribution is 2.25. The van der Waals surface area contributed by atoms with Crippen molar-refractivity contribution in [2.24, 2.45) is 0 Å². The minimum absolute atomic E-state index is 0.156. The minimum Gasteiger partial charge on any atom is -0.480 e. The Hall–Kier alpha value is -2.74. The largest absolute Gasteiger partial charge is 0.480 e. The van der Waals surface area contributed by atoms with Crippen LogP contribution in [0.1, 0.15) is 22.7 Å². The summed E-state index contributed by atoms with van der Waals surface area (Å²) in [5.41, 5.74) is 1.31. The van der Waals surface area contributed by atoms with Crippen molar-refractivity contribution in [1.29, 1.82) is 0 Å². The minimum atomic E-state index is -0.201. The Morgan fingerprint density at radius 2 is 2.20 bits per heavy atom. The molecule has 25 heavy (non-hydrogen) atoms. The monoisotopic (exact) mass is 358 g/mol. The molecule has 0 saturated heterocycles. The third-order valence-corrected chi connectivity index (χ3v) is 5.02. The average molecular weight is 358 g/mol. The van der Waals surface area contributed by atoms with Crippen LogP contribution in [0.3, 0.4) is 0 Å². The summed E-state index contributed by atoms with van der Waals surface area (Å²) in [5, 5.41) is 3.39. The van der Waals surface area contributed by atoms with Crippen LogP contribution in [0.2, 0.25) is 0 Å². The molecule has 0 spiro atoms. The van der Waals surface area contributed by atoms with Gasteiger partial charge in [-0.05, 0) is 31.5 Å². The van der Waals surface area contributed by atoms with Crippen LogP contribution >= 0.6 is 11.3 Å². The van der Waals surface area contributed by atoms with Gasteiger partial charge >= 0.3 is 0 Å². The molecule has 0 atom stereocenters. The van der Waals surface area contributed by atoms with Crippen molar-refractivity contribution in [2.45, 2.75) is 26.7 Å². The van der Waals surface area contributed by atoms with Crippen LogP contribution in [0, 0.1) is 13.8 Å². The lowest BCUT2D eigenvalue weighted by Crippen LogP contribution is -2.16. The predicted molar refractivity (Wildman–Crippen MR) is 97.5 cm³/mol. The van der Waals surface area contributed by atoms with E-state index in [4.69, 9.17) is 4.74 Å². The van der Waals surface area contributed by atoms with Gasteiger partial charge in [-0.3, -0.25) is 9.59 Å². The number of ether oxygens (including phenoxy) is 1. The number of hydrogen-bond donors (Lipinski definition) is 2. The Balaban J connectivity index is 1.72. The number of fused-ring (bicyclic) bond motifs is 1. The van der Waals surface area contributed by atoms with Crippen LogP contribution in [0.4, 0.5) is 5.69 Å². The zero-order valence-electron chi connectivity index (χ0n) is 14.2. The van der Waals surface area contributed by atoms with E-state index in [1.165, 1.54) is 18.4 Å². The third-order valence-electron chi connectivity index (χ3n) is 3.92. The molecule has 3 aromatic heterocycles. The van der Waals surface area contributed by atoms with Gasteiger partial charge in [0.1, 0.15) is 16.3 Å². The number of nitrogens with one attached hydrogen (secondary N) is 2. The summed E-state index contributed by atoms with van der Waals surface area (Å²) in [6.07, 6.45) is 2.12. The fraction of sp³-hybridized carbons (Fsp3) is 0.294. The Bertz CT molecular complexity index is 993. The molecule has 3 heterocycles. The van der Waals surface area contributed by atoms with E-state index in [9.17, 15) is 9.59 Å². The first-order valence-electron chi connectivity index (χ1n) is 7.77. The van der Waals surface area contributed by atoms with Crippen LogP contribution in [-0.2, 0) is 11.2 Å². The number of H-pyrrole nitrogens is 1. The van der Waals surface area contributed by atoms with Gasteiger partial charge in [0.2, 0.25) is 11.8 Å². The summed E-state index contributed by atoms with van der Waals surface area (Å²) >= 11 is 1.49. The molecule has 130 valence electrons. The molecule has 2 N–H and O–H groups in total. The molecule has 8 heteroatoms. The van der Waals surface area contributed by atoms with Crippen LogP contribution in [0.15, 0.2) is 23.1 Å². The molecule has 7 nitrogen and oxygen atoms in total. The Kier molecular flexibility index (Phi) is 4.80. The maximum atomic E-state index is 12.2. The summed E-state index contributed by atoms with van der Waals surface area (Å²) in [6.45, 7) is 3.88. The fourth-order valence-electron chi connectivity index (χ4n) is 2.51. The van der Waals surface area contributed by atoms with Gasteiger partial charge in [0, 0.05) is 23.9 Å². The highest BCUT2D eigenvalue weighted by atomic mass is 32.1. The van der Waals surface area contributed by atoms with Gasteiger partial charge < -0.3 is 15.0 Å². The van der Waals surface area contributed by atoms with E-state index in [2.05, 4.69) is 20.3 Å². The normalized spacial score (nSPS) is 10.8. The van der Waals surface area contributed by atoms with Gasteiger partial charge in [0.15, 0.2) is 0 Å². The lowest BCUT2D eigenvalue weighted by Gasteiger charge is -2.08. The quantitative estimate of drug-likeness (QED) is 0.731. The Morgan fingerprint density at radius 1 is 1.40 bits per heavy atom.